The smallest absolute Gasteiger partial charge is 0.243 e. The predicted molar refractivity (Wildman–Crippen MR) is 88.0 cm³/mol. The van der Waals surface area contributed by atoms with E-state index in [2.05, 4.69) is 34.7 Å². The molecule has 0 spiro atoms. The molecule has 1 aliphatic heterocycles. The summed E-state index contributed by atoms with van der Waals surface area (Å²) in [5.74, 6) is -0.140. The number of benzene rings is 1. The summed E-state index contributed by atoms with van der Waals surface area (Å²) in [7, 11) is 0. The Kier molecular flexibility index (Phi) is 4.52. The second kappa shape index (κ2) is 6.56. The van der Waals surface area contributed by atoms with Crippen molar-refractivity contribution in [3.05, 3.63) is 35.2 Å². The number of amides is 1. The Bertz CT molecular complexity index is 654. The molecule has 1 aromatic heterocycles. The van der Waals surface area contributed by atoms with E-state index in [1.54, 1.807) is 0 Å². The lowest BCUT2D eigenvalue weighted by Crippen LogP contribution is -2.35. The zero-order valence-electron chi connectivity index (χ0n) is 12.4. The van der Waals surface area contributed by atoms with Crippen LogP contribution < -0.4 is 10.6 Å². The lowest BCUT2D eigenvalue weighted by molar-refractivity contribution is -0.117. The van der Waals surface area contributed by atoms with Gasteiger partial charge in [0.05, 0.1) is 17.8 Å². The molecule has 0 bridgehead atoms. The molecule has 116 valence electrons. The van der Waals surface area contributed by atoms with Gasteiger partial charge in [-0.25, -0.2) is 4.98 Å². The van der Waals surface area contributed by atoms with E-state index in [1.165, 1.54) is 16.9 Å². The van der Waals surface area contributed by atoms with Gasteiger partial charge in [0.1, 0.15) is 0 Å². The van der Waals surface area contributed by atoms with Crippen molar-refractivity contribution in [1.29, 1.82) is 0 Å². The minimum absolute atomic E-state index is 0.140. The zero-order valence-corrected chi connectivity index (χ0v) is 13.2. The summed E-state index contributed by atoms with van der Waals surface area (Å²) in [4.78, 5) is 16.5. The monoisotopic (exact) mass is 317 g/mol. The van der Waals surface area contributed by atoms with Crippen LogP contribution >= 0.6 is 11.3 Å². The minimum Gasteiger partial charge on any atom is -0.392 e. The number of aromatic nitrogens is 1. The lowest BCUT2D eigenvalue weighted by Gasteiger charge is -2.08. The van der Waals surface area contributed by atoms with Crippen molar-refractivity contribution in [2.24, 2.45) is 0 Å². The normalized spacial score (nSPS) is 21.0. The van der Waals surface area contributed by atoms with Gasteiger partial charge < -0.3 is 15.7 Å². The highest BCUT2D eigenvalue weighted by Crippen LogP contribution is 2.25. The van der Waals surface area contributed by atoms with Crippen molar-refractivity contribution in [3.63, 3.8) is 0 Å². The molecule has 0 saturated carbocycles. The number of hydrogen-bond acceptors (Lipinski definition) is 5. The molecule has 22 heavy (non-hydrogen) atoms. The van der Waals surface area contributed by atoms with E-state index < -0.39 is 6.10 Å². The van der Waals surface area contributed by atoms with Crippen molar-refractivity contribution in [3.8, 4) is 11.3 Å². The summed E-state index contributed by atoms with van der Waals surface area (Å²) in [6, 6.07) is 7.95. The number of carbonyl (C=O) groups is 1. The number of aryl methyl sites for hydroxylation is 1. The van der Waals surface area contributed by atoms with Crippen LogP contribution in [0.2, 0.25) is 0 Å². The number of nitrogens with one attached hydrogen (secondary N) is 2. The van der Waals surface area contributed by atoms with Gasteiger partial charge in [0.2, 0.25) is 5.91 Å². The highest BCUT2D eigenvalue weighted by atomic mass is 32.1. The van der Waals surface area contributed by atoms with E-state index in [-0.39, 0.29) is 11.9 Å². The van der Waals surface area contributed by atoms with E-state index in [9.17, 15) is 9.90 Å². The number of thiazole rings is 1. The number of aliphatic hydroxyl groups excluding tert-OH is 1. The molecule has 3 rings (SSSR count). The number of carbonyl (C=O) groups excluding carboxylic acids is 1. The Morgan fingerprint density at radius 2 is 2.23 bits per heavy atom. The molecule has 2 atom stereocenters. The average Bonchev–Trinajstić information content (AvgIpc) is 3.16. The number of β-amino-alcohol motifs (C(OH)–C–C–N with tert-alkyl or cyclic N) is 1. The van der Waals surface area contributed by atoms with Crippen LogP contribution in [0.15, 0.2) is 29.6 Å². The third-order valence-corrected chi connectivity index (χ3v) is 4.57. The fraction of sp³-hybridized carbons (Fsp3) is 0.375. The molecule has 1 saturated heterocycles. The standard InChI is InChI=1S/C16H19N3O2S/c1-2-10-3-5-11(6-4-10)14-9-22-16(18-14)19-15(21)13-7-12(20)8-17-13/h3-6,9,12-13,17,20H,2,7-8H2,1H3,(H,18,19,21)/t12-,13-/m1/s1. The molecule has 0 unspecified atom stereocenters. The van der Waals surface area contributed by atoms with Gasteiger partial charge in [-0.05, 0) is 18.4 Å². The number of nitrogens with zero attached hydrogens (tertiary/aromatic N) is 1. The second-order valence-corrected chi connectivity index (χ2v) is 6.29. The summed E-state index contributed by atoms with van der Waals surface area (Å²) < 4.78 is 0. The van der Waals surface area contributed by atoms with Gasteiger partial charge in [-0.1, -0.05) is 31.2 Å². The molecule has 0 aliphatic carbocycles. The van der Waals surface area contributed by atoms with Crippen molar-refractivity contribution < 1.29 is 9.90 Å². The average molecular weight is 317 g/mol. The number of hydrogen-bond donors (Lipinski definition) is 3. The van der Waals surface area contributed by atoms with Gasteiger partial charge in [-0.3, -0.25) is 4.79 Å². The molecule has 1 fully saturated rings. The molecule has 2 aromatic rings. The Morgan fingerprint density at radius 3 is 2.86 bits per heavy atom. The Labute approximate surface area is 133 Å². The van der Waals surface area contributed by atoms with Gasteiger partial charge in [0.15, 0.2) is 5.13 Å². The molecule has 5 nitrogen and oxygen atoms in total. The molecule has 0 radical (unpaired) electrons. The Hall–Kier alpha value is -1.76. The molecule has 2 heterocycles. The largest absolute Gasteiger partial charge is 0.392 e. The van der Waals surface area contributed by atoms with Crippen LogP contribution in [0.25, 0.3) is 11.3 Å². The maximum atomic E-state index is 12.1. The van der Waals surface area contributed by atoms with Gasteiger partial charge in [-0.2, -0.15) is 0 Å². The first-order valence-electron chi connectivity index (χ1n) is 7.43. The summed E-state index contributed by atoms with van der Waals surface area (Å²) >= 11 is 1.41. The van der Waals surface area contributed by atoms with Crippen LogP contribution in [0.4, 0.5) is 5.13 Å². The van der Waals surface area contributed by atoms with Crippen LogP contribution in [-0.4, -0.2) is 34.7 Å². The summed E-state index contributed by atoms with van der Waals surface area (Å²) in [6.07, 6.45) is 1.02. The summed E-state index contributed by atoms with van der Waals surface area (Å²) in [5.41, 5.74) is 3.20. The van der Waals surface area contributed by atoms with Crippen molar-refractivity contribution in [2.75, 3.05) is 11.9 Å². The van der Waals surface area contributed by atoms with Crippen LogP contribution in [-0.2, 0) is 11.2 Å². The predicted octanol–water partition coefficient (Wildman–Crippen LogP) is 2.03. The minimum atomic E-state index is -0.445. The maximum Gasteiger partial charge on any atom is 0.243 e. The molecular weight excluding hydrogens is 298 g/mol. The summed E-state index contributed by atoms with van der Waals surface area (Å²) in [5, 5.41) is 17.8. The van der Waals surface area contributed by atoms with Gasteiger partial charge in [0, 0.05) is 17.5 Å². The highest BCUT2D eigenvalue weighted by Gasteiger charge is 2.28. The first kappa shape index (κ1) is 15.1. The topological polar surface area (TPSA) is 74.2 Å². The molecule has 6 heteroatoms. The number of anilines is 1. The first-order chi connectivity index (χ1) is 10.7. The van der Waals surface area contributed by atoms with Crippen molar-refractivity contribution in [1.82, 2.24) is 10.3 Å². The second-order valence-electron chi connectivity index (χ2n) is 5.43. The van der Waals surface area contributed by atoms with E-state index in [0.717, 1.165) is 17.7 Å². The van der Waals surface area contributed by atoms with Crippen LogP contribution in [0, 0.1) is 0 Å². The molecule has 3 N–H and O–H groups in total. The highest BCUT2D eigenvalue weighted by molar-refractivity contribution is 7.14. The van der Waals surface area contributed by atoms with E-state index in [1.807, 2.05) is 17.5 Å². The fourth-order valence-electron chi connectivity index (χ4n) is 2.48. The van der Waals surface area contributed by atoms with Crippen molar-refractivity contribution in [2.45, 2.75) is 31.9 Å². The number of rotatable bonds is 4. The van der Waals surface area contributed by atoms with Crippen molar-refractivity contribution >= 4 is 22.4 Å². The molecule has 1 amide bonds. The van der Waals surface area contributed by atoms with E-state index in [0.29, 0.717) is 18.1 Å². The molecule has 1 aliphatic rings. The van der Waals surface area contributed by atoms with E-state index in [4.69, 9.17) is 0 Å². The Balaban J connectivity index is 1.66. The first-order valence-corrected chi connectivity index (χ1v) is 8.31. The zero-order chi connectivity index (χ0) is 15.5. The fourth-order valence-corrected chi connectivity index (χ4v) is 3.21. The van der Waals surface area contributed by atoms with Crippen LogP contribution in [0.1, 0.15) is 18.9 Å². The summed E-state index contributed by atoms with van der Waals surface area (Å²) in [6.45, 7) is 2.59. The van der Waals surface area contributed by atoms with E-state index >= 15 is 0 Å². The van der Waals surface area contributed by atoms with Gasteiger partial charge in [0.25, 0.3) is 0 Å². The van der Waals surface area contributed by atoms with Crippen LogP contribution in [0.5, 0.6) is 0 Å². The number of aliphatic hydroxyl groups is 1. The molecule has 1 aromatic carbocycles. The third kappa shape index (κ3) is 3.35. The molecular formula is C16H19N3O2S. The van der Waals surface area contributed by atoms with Gasteiger partial charge >= 0.3 is 0 Å². The quantitative estimate of drug-likeness (QED) is 0.807. The Morgan fingerprint density at radius 1 is 1.45 bits per heavy atom. The van der Waals surface area contributed by atoms with Gasteiger partial charge in [-0.15, -0.1) is 11.3 Å². The maximum absolute atomic E-state index is 12.1. The third-order valence-electron chi connectivity index (χ3n) is 3.82. The SMILES string of the molecule is CCc1ccc(-c2csc(NC(=O)[C@H]3C[C@@H](O)CN3)n2)cc1. The van der Waals surface area contributed by atoms with Crippen LogP contribution in [0.3, 0.4) is 0 Å². The lowest BCUT2D eigenvalue weighted by atomic mass is 10.1.